The number of carbonyl (C=O) groups excluding carboxylic acids is 2. The molecule has 1 aliphatic heterocycles. The Balaban J connectivity index is 1.45. The molecule has 0 unspecified atom stereocenters. The lowest BCUT2D eigenvalue weighted by Gasteiger charge is -2.08. The molecule has 0 aliphatic carbocycles. The Hall–Kier alpha value is -2.16. The molecule has 5 nitrogen and oxygen atoms in total. The molecule has 2 amide bonds. The van der Waals surface area contributed by atoms with Crippen LogP contribution in [0.5, 0.6) is 0 Å². The van der Waals surface area contributed by atoms with E-state index >= 15 is 0 Å². The van der Waals surface area contributed by atoms with E-state index in [0.717, 1.165) is 26.4 Å². The average molecular weight is 474 g/mol. The molecule has 2 N–H and O–H groups in total. The van der Waals surface area contributed by atoms with Crippen molar-refractivity contribution in [2.24, 2.45) is 0 Å². The summed E-state index contributed by atoms with van der Waals surface area (Å²) in [6.07, 6.45) is 3.03. The number of aromatic nitrogens is 1. The van der Waals surface area contributed by atoms with Crippen molar-refractivity contribution in [3.63, 3.8) is 0 Å². The highest BCUT2D eigenvalue weighted by atomic mass is 79.9. The average Bonchev–Trinajstić information content (AvgIpc) is 3.02. The lowest BCUT2D eigenvalue weighted by molar-refractivity contribution is -0.115. The van der Waals surface area contributed by atoms with Gasteiger partial charge in [0, 0.05) is 44.6 Å². The number of hydrogen-bond acceptors (Lipinski definition) is 5. The number of fused-ring (bicyclic) bond motifs is 1. The highest BCUT2D eigenvalue weighted by Gasteiger charge is 2.16. The van der Waals surface area contributed by atoms with Crippen LogP contribution in [0.1, 0.15) is 27.2 Å². The van der Waals surface area contributed by atoms with Crippen LogP contribution in [0, 0.1) is 0 Å². The van der Waals surface area contributed by atoms with Gasteiger partial charge in [-0.1, -0.05) is 28.1 Å². The predicted molar refractivity (Wildman–Crippen MR) is 117 cm³/mol. The zero-order valence-corrected chi connectivity index (χ0v) is 17.9. The number of halogens is 1. The highest BCUT2D eigenvalue weighted by molar-refractivity contribution is 9.10. The summed E-state index contributed by atoms with van der Waals surface area (Å²) < 4.78 is 1.05. The van der Waals surface area contributed by atoms with Crippen LogP contribution < -0.4 is 10.6 Å². The summed E-state index contributed by atoms with van der Waals surface area (Å²) in [4.78, 5) is 30.7. The van der Waals surface area contributed by atoms with E-state index in [1.807, 2.05) is 18.2 Å². The summed E-state index contributed by atoms with van der Waals surface area (Å²) >= 11 is 6.51. The number of benzene rings is 2. The Bertz CT molecular complexity index is 1030. The number of amides is 2. The zero-order chi connectivity index (χ0) is 19.5. The Morgan fingerprint density at radius 1 is 1.21 bits per heavy atom. The van der Waals surface area contributed by atoms with Crippen molar-refractivity contribution in [2.45, 2.75) is 17.7 Å². The molecule has 0 radical (unpaired) electrons. The summed E-state index contributed by atoms with van der Waals surface area (Å²) in [6.45, 7) is 0. The number of thioether (sulfide) groups is 1. The van der Waals surface area contributed by atoms with Crippen LogP contribution in [0.3, 0.4) is 0 Å². The van der Waals surface area contributed by atoms with E-state index in [-0.39, 0.29) is 11.8 Å². The molecular weight excluding hydrogens is 458 g/mol. The molecular formula is C20H16BrN3O2S2. The molecule has 0 fully saturated rings. The maximum Gasteiger partial charge on any atom is 0.257 e. The fourth-order valence-electron chi connectivity index (χ4n) is 2.78. The Kier molecular flexibility index (Phi) is 5.79. The second-order valence-electron chi connectivity index (χ2n) is 6.25. The number of carbonyl (C=O) groups is 2. The molecule has 4 rings (SSSR count). The van der Waals surface area contributed by atoms with Crippen LogP contribution >= 0.6 is 39.0 Å². The molecule has 3 aromatic rings. The third-order valence-electron chi connectivity index (χ3n) is 4.17. The Morgan fingerprint density at radius 3 is 2.86 bits per heavy atom. The Labute approximate surface area is 179 Å². The molecule has 28 heavy (non-hydrogen) atoms. The number of nitrogens with one attached hydrogen (secondary N) is 2. The fourth-order valence-corrected chi connectivity index (χ4v) is 4.82. The van der Waals surface area contributed by atoms with Gasteiger partial charge in [0.1, 0.15) is 0 Å². The predicted octanol–water partition coefficient (Wildman–Crippen LogP) is 5.18. The van der Waals surface area contributed by atoms with Crippen LogP contribution in [-0.2, 0) is 11.2 Å². The lowest BCUT2D eigenvalue weighted by atomic mass is 10.1. The summed E-state index contributed by atoms with van der Waals surface area (Å²) in [6, 6.07) is 13.5. The van der Waals surface area contributed by atoms with Gasteiger partial charge in [0.2, 0.25) is 5.91 Å². The van der Waals surface area contributed by atoms with Gasteiger partial charge in [-0.25, -0.2) is 4.98 Å². The molecule has 0 atom stereocenters. The third kappa shape index (κ3) is 4.63. The van der Waals surface area contributed by atoms with Crippen LogP contribution in [0.2, 0.25) is 0 Å². The minimum Gasteiger partial charge on any atom is -0.325 e. The fraction of sp³-hybridized carbons (Fsp3) is 0.150. The molecule has 1 aromatic heterocycles. The zero-order valence-electron chi connectivity index (χ0n) is 14.7. The summed E-state index contributed by atoms with van der Waals surface area (Å²) in [7, 11) is 0. The van der Waals surface area contributed by atoms with Gasteiger partial charge >= 0.3 is 0 Å². The third-order valence-corrected chi connectivity index (χ3v) is 6.68. The molecule has 0 spiro atoms. The van der Waals surface area contributed by atoms with Crippen molar-refractivity contribution in [1.29, 1.82) is 0 Å². The van der Waals surface area contributed by atoms with Crippen molar-refractivity contribution >= 4 is 61.7 Å². The molecule has 0 bridgehead atoms. The first-order chi connectivity index (χ1) is 13.6. The minimum absolute atomic E-state index is 0.0266. The standard InChI is InChI=1S/C20H16BrN3O2S2/c21-14-4-1-12(2-5-14)9-15-11-22-20(28-15)24-19(26)13-3-6-17-16(10-13)23-18(25)7-8-27-17/h1-6,10-11H,7-9H2,(H,23,25)(H,22,24,26). The number of anilines is 2. The molecule has 1 aliphatic rings. The summed E-state index contributed by atoms with van der Waals surface area (Å²) in [5, 5.41) is 6.27. The topological polar surface area (TPSA) is 71.1 Å². The van der Waals surface area contributed by atoms with Gasteiger partial charge in [-0.05, 0) is 35.9 Å². The second kappa shape index (κ2) is 8.46. The molecule has 8 heteroatoms. The van der Waals surface area contributed by atoms with Crippen molar-refractivity contribution in [3.8, 4) is 0 Å². The van der Waals surface area contributed by atoms with Crippen molar-refractivity contribution in [3.05, 3.63) is 69.1 Å². The van der Waals surface area contributed by atoms with Crippen LogP contribution in [0.25, 0.3) is 0 Å². The van der Waals surface area contributed by atoms with E-state index in [9.17, 15) is 9.59 Å². The number of hydrogen-bond donors (Lipinski definition) is 2. The van der Waals surface area contributed by atoms with E-state index in [4.69, 9.17) is 0 Å². The van der Waals surface area contributed by atoms with Gasteiger partial charge < -0.3 is 5.32 Å². The van der Waals surface area contributed by atoms with Gasteiger partial charge in [-0.3, -0.25) is 14.9 Å². The van der Waals surface area contributed by atoms with E-state index in [2.05, 4.69) is 43.7 Å². The molecule has 2 aromatic carbocycles. The van der Waals surface area contributed by atoms with Crippen LogP contribution in [0.4, 0.5) is 10.8 Å². The number of rotatable bonds is 4. The highest BCUT2D eigenvalue weighted by Crippen LogP contribution is 2.32. The molecule has 0 saturated heterocycles. The largest absolute Gasteiger partial charge is 0.325 e. The van der Waals surface area contributed by atoms with Crippen LogP contribution in [0.15, 0.2) is 58.0 Å². The summed E-state index contributed by atoms with van der Waals surface area (Å²) in [5.74, 6) is 0.474. The second-order valence-corrected chi connectivity index (χ2v) is 9.41. The minimum atomic E-state index is -0.240. The molecule has 2 heterocycles. The van der Waals surface area contributed by atoms with Gasteiger partial charge in [-0.2, -0.15) is 0 Å². The van der Waals surface area contributed by atoms with Crippen molar-refractivity contribution < 1.29 is 9.59 Å². The quantitative estimate of drug-likeness (QED) is 0.547. The first-order valence-corrected chi connectivity index (χ1v) is 11.2. The lowest BCUT2D eigenvalue weighted by Crippen LogP contribution is -2.14. The maximum absolute atomic E-state index is 12.6. The van der Waals surface area contributed by atoms with E-state index < -0.39 is 0 Å². The van der Waals surface area contributed by atoms with Crippen molar-refractivity contribution in [1.82, 2.24) is 4.98 Å². The van der Waals surface area contributed by atoms with E-state index in [0.29, 0.717) is 22.8 Å². The molecule has 142 valence electrons. The first-order valence-electron chi connectivity index (χ1n) is 8.64. The van der Waals surface area contributed by atoms with Gasteiger partial charge in [0.15, 0.2) is 5.13 Å². The van der Waals surface area contributed by atoms with E-state index in [1.54, 1.807) is 30.1 Å². The normalized spacial score (nSPS) is 13.4. The van der Waals surface area contributed by atoms with Gasteiger partial charge in [0.25, 0.3) is 5.91 Å². The van der Waals surface area contributed by atoms with Gasteiger partial charge in [-0.15, -0.1) is 23.1 Å². The SMILES string of the molecule is O=C1CCSc2ccc(C(=O)Nc3ncc(Cc4ccc(Br)cc4)s3)cc2N1. The maximum atomic E-state index is 12.6. The first kappa shape index (κ1) is 19.2. The van der Waals surface area contributed by atoms with Crippen molar-refractivity contribution in [2.75, 3.05) is 16.4 Å². The van der Waals surface area contributed by atoms with E-state index in [1.165, 1.54) is 16.9 Å². The Morgan fingerprint density at radius 2 is 2.04 bits per heavy atom. The molecule has 0 saturated carbocycles. The van der Waals surface area contributed by atoms with Gasteiger partial charge in [0.05, 0.1) is 5.69 Å². The van der Waals surface area contributed by atoms with Crippen LogP contribution in [-0.4, -0.2) is 22.6 Å². The number of nitrogens with zero attached hydrogens (tertiary/aromatic N) is 1. The number of thiazole rings is 1. The summed E-state index contributed by atoms with van der Waals surface area (Å²) in [5.41, 5.74) is 2.37. The smallest absolute Gasteiger partial charge is 0.257 e. The monoisotopic (exact) mass is 473 g/mol.